The number of benzene rings is 3. The molecular formula is C26H24N4O4. The van der Waals surface area contributed by atoms with Crippen LogP contribution in [0.15, 0.2) is 96.1 Å². The second-order valence-corrected chi connectivity index (χ2v) is 8.16. The number of carbonyl (C=O) groups excluding carboxylic acids is 2. The molecule has 0 saturated carbocycles. The SMILES string of the molecule is Nc1cccc(C(=O)C2=CC(c3ccccc3)=C(C(=O)c3cccc(N)c3)C(N)(N)C2(O)O)c1. The van der Waals surface area contributed by atoms with Crippen LogP contribution in [0.1, 0.15) is 26.3 Å². The Labute approximate surface area is 195 Å². The van der Waals surface area contributed by atoms with Gasteiger partial charge in [0.05, 0.1) is 5.57 Å². The molecule has 0 radical (unpaired) electrons. The van der Waals surface area contributed by atoms with Crippen molar-refractivity contribution >= 4 is 28.5 Å². The summed E-state index contributed by atoms with van der Waals surface area (Å²) in [5, 5.41) is 22.2. The van der Waals surface area contributed by atoms with Crippen molar-refractivity contribution in [3.63, 3.8) is 0 Å². The number of Topliss-reactive ketones (excluding diaryl/α,β-unsaturated/α-hetero) is 2. The van der Waals surface area contributed by atoms with Gasteiger partial charge in [-0.3, -0.25) is 9.59 Å². The molecule has 1 aliphatic rings. The van der Waals surface area contributed by atoms with Gasteiger partial charge >= 0.3 is 0 Å². The molecule has 0 saturated heterocycles. The van der Waals surface area contributed by atoms with Crippen LogP contribution in [0.3, 0.4) is 0 Å². The van der Waals surface area contributed by atoms with Gasteiger partial charge in [-0.2, -0.15) is 0 Å². The van der Waals surface area contributed by atoms with Gasteiger partial charge in [0.25, 0.3) is 0 Å². The van der Waals surface area contributed by atoms with E-state index >= 15 is 0 Å². The van der Waals surface area contributed by atoms with Crippen LogP contribution in [0, 0.1) is 0 Å². The number of hydrogen-bond donors (Lipinski definition) is 6. The van der Waals surface area contributed by atoms with Crippen LogP contribution in [-0.4, -0.2) is 33.2 Å². The fourth-order valence-electron chi connectivity index (χ4n) is 3.98. The zero-order chi connectivity index (χ0) is 24.7. The van der Waals surface area contributed by atoms with Crippen LogP contribution in [0.25, 0.3) is 5.57 Å². The summed E-state index contributed by atoms with van der Waals surface area (Å²) in [6.07, 6.45) is 1.23. The molecule has 8 heteroatoms. The molecule has 0 amide bonds. The van der Waals surface area contributed by atoms with Crippen molar-refractivity contribution in [1.82, 2.24) is 0 Å². The third-order valence-electron chi connectivity index (χ3n) is 5.78. The lowest BCUT2D eigenvalue weighted by Gasteiger charge is -2.43. The summed E-state index contributed by atoms with van der Waals surface area (Å²) in [5.41, 5.74) is 22.5. The zero-order valence-electron chi connectivity index (χ0n) is 18.1. The molecule has 1 aliphatic carbocycles. The number of carbonyl (C=O) groups is 2. The molecule has 0 bridgehead atoms. The first-order valence-corrected chi connectivity index (χ1v) is 10.4. The van der Waals surface area contributed by atoms with Crippen molar-refractivity contribution in [3.8, 4) is 0 Å². The van der Waals surface area contributed by atoms with Crippen LogP contribution < -0.4 is 22.9 Å². The van der Waals surface area contributed by atoms with Crippen molar-refractivity contribution < 1.29 is 19.8 Å². The van der Waals surface area contributed by atoms with Gasteiger partial charge in [0.2, 0.25) is 5.79 Å². The van der Waals surface area contributed by atoms with Crippen molar-refractivity contribution in [1.29, 1.82) is 0 Å². The highest BCUT2D eigenvalue weighted by Crippen LogP contribution is 2.41. The molecule has 3 aromatic rings. The van der Waals surface area contributed by atoms with Crippen molar-refractivity contribution in [2.45, 2.75) is 11.4 Å². The first-order chi connectivity index (χ1) is 16.0. The molecule has 10 N–H and O–H groups in total. The normalized spacial score (nSPS) is 16.6. The Balaban J connectivity index is 2.01. The minimum atomic E-state index is -3.09. The Morgan fingerprint density at radius 3 is 1.76 bits per heavy atom. The van der Waals surface area contributed by atoms with E-state index in [0.29, 0.717) is 16.9 Å². The van der Waals surface area contributed by atoms with E-state index in [-0.39, 0.29) is 22.3 Å². The topological polar surface area (TPSA) is 179 Å². The van der Waals surface area contributed by atoms with E-state index in [2.05, 4.69) is 0 Å². The fraction of sp³-hybridized carbons (Fsp3) is 0.0769. The highest BCUT2D eigenvalue weighted by Gasteiger charge is 2.56. The standard InChI is InChI=1S/C26H24N4O4/c27-18-10-4-8-16(12-18)23(31)21-14-20(15-6-2-1-3-7-15)22(25(29,30)26(21,33)34)24(32)17-9-5-11-19(28)13-17/h1-14,33-34H,27-30H2. The van der Waals surface area contributed by atoms with Gasteiger partial charge in [-0.15, -0.1) is 0 Å². The van der Waals surface area contributed by atoms with E-state index in [0.717, 1.165) is 0 Å². The third kappa shape index (κ3) is 3.81. The zero-order valence-corrected chi connectivity index (χ0v) is 18.1. The highest BCUT2D eigenvalue weighted by atomic mass is 16.5. The summed E-state index contributed by atoms with van der Waals surface area (Å²) in [6.45, 7) is 0. The van der Waals surface area contributed by atoms with Crippen molar-refractivity contribution in [3.05, 3.63) is 113 Å². The van der Waals surface area contributed by atoms with Crippen LogP contribution in [-0.2, 0) is 0 Å². The Kier molecular flexibility index (Phi) is 5.68. The van der Waals surface area contributed by atoms with E-state index < -0.39 is 28.6 Å². The highest BCUT2D eigenvalue weighted by molar-refractivity contribution is 6.20. The van der Waals surface area contributed by atoms with E-state index in [9.17, 15) is 19.8 Å². The number of rotatable bonds is 5. The summed E-state index contributed by atoms with van der Waals surface area (Å²) < 4.78 is 0. The van der Waals surface area contributed by atoms with Crippen LogP contribution in [0.4, 0.5) is 11.4 Å². The smallest absolute Gasteiger partial charge is 0.230 e. The van der Waals surface area contributed by atoms with Crippen molar-refractivity contribution in [2.24, 2.45) is 11.5 Å². The Morgan fingerprint density at radius 1 is 0.706 bits per heavy atom. The number of allylic oxidation sites excluding steroid dienone is 2. The number of aliphatic hydroxyl groups is 2. The van der Waals surface area contributed by atoms with Gasteiger partial charge < -0.3 is 33.1 Å². The summed E-state index contributed by atoms with van der Waals surface area (Å²) >= 11 is 0. The third-order valence-corrected chi connectivity index (χ3v) is 5.78. The Hall–Kier alpha value is -4.08. The number of hydrogen-bond acceptors (Lipinski definition) is 8. The maximum atomic E-state index is 13.6. The molecule has 0 unspecified atom stereocenters. The Morgan fingerprint density at radius 2 is 1.24 bits per heavy atom. The van der Waals surface area contributed by atoms with Crippen molar-refractivity contribution in [2.75, 3.05) is 11.5 Å². The number of anilines is 2. The molecule has 0 atom stereocenters. The second-order valence-electron chi connectivity index (χ2n) is 8.16. The van der Waals surface area contributed by atoms with Crippen LogP contribution in [0.5, 0.6) is 0 Å². The number of nitrogens with two attached hydrogens (primary N) is 4. The maximum Gasteiger partial charge on any atom is 0.230 e. The van der Waals surface area contributed by atoms with E-state index in [4.69, 9.17) is 22.9 Å². The molecule has 0 aromatic heterocycles. The molecule has 0 spiro atoms. The van der Waals surface area contributed by atoms with Gasteiger partial charge in [0.15, 0.2) is 17.2 Å². The molecule has 3 aromatic carbocycles. The summed E-state index contributed by atoms with van der Waals surface area (Å²) in [7, 11) is 0. The van der Waals surface area contributed by atoms with Gasteiger partial charge in [0.1, 0.15) is 0 Å². The Bertz CT molecular complexity index is 1360. The lowest BCUT2D eigenvalue weighted by atomic mass is 9.72. The summed E-state index contributed by atoms with van der Waals surface area (Å²) in [4.78, 5) is 26.9. The molecule has 8 nitrogen and oxygen atoms in total. The minimum Gasteiger partial charge on any atom is -0.399 e. The van der Waals surface area contributed by atoms with E-state index in [1.54, 1.807) is 54.6 Å². The summed E-state index contributed by atoms with van der Waals surface area (Å²) in [6, 6.07) is 20.8. The molecule has 0 fully saturated rings. The average molecular weight is 457 g/mol. The number of ketones is 2. The molecule has 34 heavy (non-hydrogen) atoms. The lowest BCUT2D eigenvalue weighted by Crippen LogP contribution is -2.71. The van der Waals surface area contributed by atoms with Gasteiger partial charge in [0, 0.05) is 28.1 Å². The van der Waals surface area contributed by atoms with E-state index in [1.165, 1.54) is 30.3 Å². The lowest BCUT2D eigenvalue weighted by molar-refractivity contribution is -0.165. The van der Waals surface area contributed by atoms with Crippen LogP contribution >= 0.6 is 0 Å². The fourth-order valence-corrected chi connectivity index (χ4v) is 3.98. The largest absolute Gasteiger partial charge is 0.399 e. The van der Waals surface area contributed by atoms with E-state index in [1.807, 2.05) is 0 Å². The quantitative estimate of drug-likeness (QED) is 0.190. The van der Waals surface area contributed by atoms with Gasteiger partial charge in [-0.05, 0) is 41.5 Å². The predicted molar refractivity (Wildman–Crippen MR) is 130 cm³/mol. The summed E-state index contributed by atoms with van der Waals surface area (Å²) in [5.74, 6) is -4.49. The molecule has 0 heterocycles. The molecule has 172 valence electrons. The minimum absolute atomic E-state index is 0.104. The predicted octanol–water partition coefficient (Wildman–Crippen LogP) is 1.60. The monoisotopic (exact) mass is 456 g/mol. The molecule has 4 rings (SSSR count). The maximum absolute atomic E-state index is 13.6. The second kappa shape index (κ2) is 8.36. The molecular weight excluding hydrogens is 432 g/mol. The van der Waals surface area contributed by atoms with Crippen LogP contribution in [0.2, 0.25) is 0 Å². The van der Waals surface area contributed by atoms with Gasteiger partial charge in [-0.1, -0.05) is 54.6 Å². The first kappa shape index (κ1) is 23.1. The number of nitrogen functional groups attached to an aromatic ring is 2. The molecule has 0 aliphatic heterocycles. The first-order valence-electron chi connectivity index (χ1n) is 10.4. The van der Waals surface area contributed by atoms with Gasteiger partial charge in [-0.25, -0.2) is 0 Å². The average Bonchev–Trinajstić information content (AvgIpc) is 2.80.